The zero-order valence-corrected chi connectivity index (χ0v) is 25.7. The Bertz CT molecular complexity index is 1830. The van der Waals surface area contributed by atoms with Gasteiger partial charge in [0.2, 0.25) is 0 Å². The number of alkyl halides is 3. The molecular formula is C32H38F3N11. The number of rotatable bonds is 8. The van der Waals surface area contributed by atoms with E-state index in [1.807, 2.05) is 29.8 Å². The van der Waals surface area contributed by atoms with E-state index in [4.69, 9.17) is 5.73 Å². The first-order valence-electron chi connectivity index (χ1n) is 15.6. The van der Waals surface area contributed by atoms with Crippen LogP contribution in [0.2, 0.25) is 0 Å². The molecule has 0 spiro atoms. The Labute approximate surface area is 264 Å². The van der Waals surface area contributed by atoms with Crippen molar-refractivity contribution in [3.63, 3.8) is 0 Å². The topological polar surface area (TPSA) is 117 Å². The van der Waals surface area contributed by atoms with E-state index in [0.29, 0.717) is 23.2 Å². The van der Waals surface area contributed by atoms with Gasteiger partial charge in [-0.05, 0) is 62.8 Å². The lowest BCUT2D eigenvalue weighted by Gasteiger charge is -2.33. The minimum atomic E-state index is -4.45. The van der Waals surface area contributed by atoms with Crippen LogP contribution >= 0.6 is 0 Å². The fraction of sp³-hybridized carbons (Fsp3) is 0.406. The molecule has 0 aliphatic carbocycles. The van der Waals surface area contributed by atoms with Crippen LogP contribution in [0.1, 0.15) is 30.0 Å². The molecule has 4 aromatic heterocycles. The first kappa shape index (κ1) is 30.3. The molecule has 2 aliphatic rings. The standard InChI is InChI=1S/C32H38F3N11/c1-43-12-14-44(15-13-43)17-21-2-3-22(16-25(21)32(33,34)35)39-19-40-26-4-5-27(45-11-10-38-30(26)45)24-18-46(23-6-8-37-9-7-23)31-28(24)29(36)41-20-42-31/h2-5,10-11,16,18,20,23,37,39-40H,6-9,12-15,17,19H2,1H3,(H2,36,41,42). The second-order valence-electron chi connectivity index (χ2n) is 12.1. The smallest absolute Gasteiger partial charge is 0.383 e. The van der Waals surface area contributed by atoms with Crippen molar-refractivity contribution in [2.24, 2.45) is 0 Å². The number of hydrogen-bond acceptors (Lipinski definition) is 9. The van der Waals surface area contributed by atoms with Gasteiger partial charge in [-0.3, -0.25) is 9.30 Å². The second-order valence-corrected chi connectivity index (χ2v) is 12.1. The Morgan fingerprint density at radius 1 is 0.978 bits per heavy atom. The van der Waals surface area contributed by atoms with Gasteiger partial charge in [-0.2, -0.15) is 13.2 Å². The van der Waals surface area contributed by atoms with Crippen molar-refractivity contribution in [3.8, 4) is 11.3 Å². The third kappa shape index (κ3) is 5.95. The zero-order valence-electron chi connectivity index (χ0n) is 25.7. The lowest BCUT2D eigenvalue weighted by atomic mass is 10.0. The van der Waals surface area contributed by atoms with Gasteiger partial charge in [-0.25, -0.2) is 15.0 Å². The SMILES string of the molecule is CN1CCN(Cc2ccc(NCNc3ccc(-c4cn(C5CCNCC5)c5ncnc(N)c45)n4ccnc34)cc2C(F)(F)F)CC1. The van der Waals surface area contributed by atoms with Crippen molar-refractivity contribution in [1.82, 2.24) is 39.0 Å². The van der Waals surface area contributed by atoms with Gasteiger partial charge in [-0.15, -0.1) is 0 Å². The molecular weight excluding hydrogens is 595 g/mol. The van der Waals surface area contributed by atoms with Crippen LogP contribution in [0.3, 0.4) is 0 Å². The molecule has 0 amide bonds. The average Bonchev–Trinajstić information content (AvgIpc) is 3.70. The number of nitrogens with zero attached hydrogens (tertiary/aromatic N) is 7. The minimum absolute atomic E-state index is 0.201. The average molecular weight is 634 g/mol. The Morgan fingerprint density at radius 2 is 1.78 bits per heavy atom. The lowest BCUT2D eigenvalue weighted by Crippen LogP contribution is -2.44. The molecule has 1 aromatic carbocycles. The van der Waals surface area contributed by atoms with Crippen molar-refractivity contribution >= 4 is 33.9 Å². The molecule has 2 saturated heterocycles. The van der Waals surface area contributed by atoms with Crippen LogP contribution in [0.4, 0.5) is 30.4 Å². The van der Waals surface area contributed by atoms with Crippen LogP contribution in [0.5, 0.6) is 0 Å². The van der Waals surface area contributed by atoms with E-state index in [0.717, 1.165) is 80.1 Å². The number of fused-ring (bicyclic) bond motifs is 2. The number of likely N-dealkylation sites (N-methyl/N-ethyl adjacent to an activating group) is 1. The third-order valence-corrected chi connectivity index (χ3v) is 9.14. The van der Waals surface area contributed by atoms with E-state index >= 15 is 0 Å². The largest absolute Gasteiger partial charge is 0.416 e. The first-order valence-corrected chi connectivity index (χ1v) is 15.6. The molecule has 2 fully saturated rings. The Balaban J connectivity index is 1.11. The Hall–Kier alpha value is -4.40. The molecule has 2 aliphatic heterocycles. The Kier molecular flexibility index (Phi) is 8.17. The number of hydrogen-bond donors (Lipinski definition) is 4. The van der Waals surface area contributed by atoms with Gasteiger partial charge in [0.25, 0.3) is 0 Å². The summed E-state index contributed by atoms with van der Waals surface area (Å²) in [6.07, 6.45) is 4.76. The fourth-order valence-electron chi connectivity index (χ4n) is 6.61. The van der Waals surface area contributed by atoms with Crippen molar-refractivity contribution < 1.29 is 13.2 Å². The predicted molar refractivity (Wildman–Crippen MR) is 174 cm³/mol. The highest BCUT2D eigenvalue weighted by Gasteiger charge is 2.34. The molecule has 0 atom stereocenters. The van der Waals surface area contributed by atoms with Crippen LogP contribution in [-0.2, 0) is 12.7 Å². The van der Waals surface area contributed by atoms with Gasteiger partial charge in [0.05, 0.1) is 29.0 Å². The van der Waals surface area contributed by atoms with Gasteiger partial charge in [0.1, 0.15) is 17.8 Å². The molecule has 6 heterocycles. The van der Waals surface area contributed by atoms with Crippen molar-refractivity contribution in [3.05, 3.63) is 66.4 Å². The summed E-state index contributed by atoms with van der Waals surface area (Å²) in [6.45, 7) is 5.56. The molecule has 0 unspecified atom stereocenters. The van der Waals surface area contributed by atoms with E-state index in [2.05, 4.69) is 51.5 Å². The number of nitrogen functional groups attached to an aromatic ring is 1. The van der Waals surface area contributed by atoms with E-state index in [1.165, 1.54) is 12.4 Å². The van der Waals surface area contributed by atoms with Gasteiger partial charge >= 0.3 is 6.18 Å². The number of nitrogens with two attached hydrogens (primary N) is 1. The zero-order chi connectivity index (χ0) is 31.8. The maximum Gasteiger partial charge on any atom is 0.416 e. The molecule has 5 aromatic rings. The number of imidazole rings is 1. The van der Waals surface area contributed by atoms with E-state index in [-0.39, 0.29) is 18.8 Å². The number of piperazine rings is 1. The molecule has 14 heteroatoms. The van der Waals surface area contributed by atoms with Crippen LogP contribution in [0.15, 0.2) is 55.2 Å². The van der Waals surface area contributed by atoms with Crippen molar-refractivity contribution in [2.75, 3.05) is 69.4 Å². The number of nitrogens with one attached hydrogen (secondary N) is 3. The van der Waals surface area contributed by atoms with Gasteiger partial charge in [-0.1, -0.05) is 6.07 Å². The van der Waals surface area contributed by atoms with Crippen LogP contribution < -0.4 is 21.7 Å². The summed E-state index contributed by atoms with van der Waals surface area (Å²) < 4.78 is 46.4. The summed E-state index contributed by atoms with van der Waals surface area (Å²) in [5.41, 5.74) is 10.5. The van der Waals surface area contributed by atoms with Gasteiger partial charge in [0.15, 0.2) is 5.65 Å². The number of benzene rings is 1. The molecule has 0 saturated carbocycles. The molecule has 0 radical (unpaired) electrons. The van der Waals surface area contributed by atoms with E-state index < -0.39 is 11.7 Å². The maximum absolute atomic E-state index is 14.1. The normalized spacial score (nSPS) is 17.2. The maximum atomic E-state index is 14.1. The van der Waals surface area contributed by atoms with E-state index in [1.54, 1.807) is 18.3 Å². The van der Waals surface area contributed by atoms with E-state index in [9.17, 15) is 13.2 Å². The molecule has 46 heavy (non-hydrogen) atoms. The van der Waals surface area contributed by atoms with Crippen LogP contribution in [-0.4, -0.2) is 86.7 Å². The summed E-state index contributed by atoms with van der Waals surface area (Å²) in [5, 5.41) is 10.6. The molecule has 11 nitrogen and oxygen atoms in total. The number of piperidine rings is 1. The lowest BCUT2D eigenvalue weighted by molar-refractivity contribution is -0.138. The fourth-order valence-corrected chi connectivity index (χ4v) is 6.61. The second kappa shape index (κ2) is 12.4. The Morgan fingerprint density at radius 3 is 2.57 bits per heavy atom. The predicted octanol–water partition coefficient (Wildman–Crippen LogP) is 4.50. The molecule has 242 valence electrons. The van der Waals surface area contributed by atoms with Crippen molar-refractivity contribution in [1.29, 1.82) is 0 Å². The van der Waals surface area contributed by atoms with Crippen LogP contribution in [0.25, 0.3) is 27.9 Å². The number of halogens is 3. The summed E-state index contributed by atoms with van der Waals surface area (Å²) >= 11 is 0. The summed E-state index contributed by atoms with van der Waals surface area (Å²) in [5.74, 6) is 0.417. The molecule has 7 rings (SSSR count). The first-order chi connectivity index (χ1) is 22.3. The van der Waals surface area contributed by atoms with Crippen LogP contribution in [0, 0.1) is 0 Å². The highest BCUT2D eigenvalue weighted by atomic mass is 19.4. The van der Waals surface area contributed by atoms with Gasteiger partial charge < -0.3 is 31.2 Å². The summed E-state index contributed by atoms with van der Waals surface area (Å²) in [6, 6.07) is 8.71. The van der Waals surface area contributed by atoms with Crippen molar-refractivity contribution in [2.45, 2.75) is 31.6 Å². The highest BCUT2D eigenvalue weighted by molar-refractivity contribution is 6.00. The number of pyridine rings is 1. The summed E-state index contributed by atoms with van der Waals surface area (Å²) in [7, 11) is 2.03. The number of aromatic nitrogens is 5. The molecule has 5 N–H and O–H groups in total. The minimum Gasteiger partial charge on any atom is -0.383 e. The third-order valence-electron chi connectivity index (χ3n) is 9.14. The highest BCUT2D eigenvalue weighted by Crippen LogP contribution is 2.38. The van der Waals surface area contributed by atoms with Gasteiger partial charge in [0, 0.05) is 68.6 Å². The summed E-state index contributed by atoms with van der Waals surface area (Å²) in [4.78, 5) is 17.7. The quantitative estimate of drug-likeness (QED) is 0.183. The molecule has 0 bridgehead atoms. The monoisotopic (exact) mass is 633 g/mol. The number of anilines is 3.